The van der Waals surface area contributed by atoms with E-state index in [9.17, 15) is 9.59 Å². The van der Waals surface area contributed by atoms with Gasteiger partial charge in [0.25, 0.3) is 5.91 Å². The molecule has 1 aliphatic rings. The van der Waals surface area contributed by atoms with Crippen molar-refractivity contribution in [3.8, 4) is 0 Å². The van der Waals surface area contributed by atoms with Crippen LogP contribution in [0.2, 0.25) is 0 Å². The average molecular weight is 337 g/mol. The van der Waals surface area contributed by atoms with E-state index < -0.39 is 0 Å². The predicted octanol–water partition coefficient (Wildman–Crippen LogP) is 2.31. The summed E-state index contributed by atoms with van der Waals surface area (Å²) >= 11 is 0. The molecule has 1 aromatic heterocycles. The van der Waals surface area contributed by atoms with E-state index in [1.165, 1.54) is 0 Å². The third-order valence-electron chi connectivity index (χ3n) is 4.48. The van der Waals surface area contributed by atoms with Crippen molar-refractivity contribution in [3.63, 3.8) is 0 Å². The maximum Gasteiger partial charge on any atom is 0.255 e. The zero-order valence-corrected chi connectivity index (χ0v) is 14.5. The van der Waals surface area contributed by atoms with Crippen molar-refractivity contribution in [2.75, 3.05) is 26.2 Å². The van der Waals surface area contributed by atoms with Crippen LogP contribution in [-0.4, -0.2) is 52.8 Å². The summed E-state index contributed by atoms with van der Waals surface area (Å²) in [5, 5.41) is 0. The predicted molar refractivity (Wildman–Crippen MR) is 96.2 cm³/mol. The molecular formula is C20H23N3O2. The Kier molecular flexibility index (Phi) is 5.43. The fraction of sp³-hybridized carbons (Fsp3) is 0.350. The molecule has 2 amide bonds. The summed E-state index contributed by atoms with van der Waals surface area (Å²) in [6.07, 6.45) is 4.46. The Morgan fingerprint density at radius 3 is 2.60 bits per heavy atom. The number of hydrogen-bond donors (Lipinski definition) is 0. The van der Waals surface area contributed by atoms with Gasteiger partial charge in [-0.1, -0.05) is 29.8 Å². The standard InChI is InChI=1S/C20H23N3O2/c1-16-5-2-6-17(13-16)14-19(24)22-9-4-10-23(12-11-22)20(25)18-7-3-8-21-15-18/h2-3,5-8,13,15H,4,9-12,14H2,1H3. The molecule has 0 unspecified atom stereocenters. The summed E-state index contributed by atoms with van der Waals surface area (Å²) in [4.78, 5) is 32.8. The van der Waals surface area contributed by atoms with E-state index in [4.69, 9.17) is 0 Å². The van der Waals surface area contributed by atoms with Gasteiger partial charge < -0.3 is 9.80 Å². The van der Waals surface area contributed by atoms with Crippen molar-refractivity contribution >= 4 is 11.8 Å². The van der Waals surface area contributed by atoms with Crippen LogP contribution in [0.5, 0.6) is 0 Å². The first-order valence-electron chi connectivity index (χ1n) is 8.66. The van der Waals surface area contributed by atoms with Crippen LogP contribution >= 0.6 is 0 Å². The van der Waals surface area contributed by atoms with Crippen LogP contribution in [0.4, 0.5) is 0 Å². The van der Waals surface area contributed by atoms with Crippen LogP contribution in [0.3, 0.4) is 0 Å². The number of rotatable bonds is 3. The van der Waals surface area contributed by atoms with E-state index in [-0.39, 0.29) is 11.8 Å². The lowest BCUT2D eigenvalue weighted by Crippen LogP contribution is -2.38. The molecule has 5 nitrogen and oxygen atoms in total. The van der Waals surface area contributed by atoms with E-state index in [1.54, 1.807) is 24.5 Å². The first kappa shape index (κ1) is 17.1. The molecule has 1 aromatic carbocycles. The van der Waals surface area contributed by atoms with Gasteiger partial charge in [0.05, 0.1) is 12.0 Å². The SMILES string of the molecule is Cc1cccc(CC(=O)N2CCCN(C(=O)c3cccnc3)CC2)c1. The Bertz CT molecular complexity index is 746. The minimum atomic E-state index is -0.0129. The van der Waals surface area contributed by atoms with Gasteiger partial charge in [-0.15, -0.1) is 0 Å². The summed E-state index contributed by atoms with van der Waals surface area (Å²) < 4.78 is 0. The maximum absolute atomic E-state index is 12.6. The molecule has 0 bridgehead atoms. The van der Waals surface area contributed by atoms with Crippen LogP contribution in [0.1, 0.15) is 27.9 Å². The van der Waals surface area contributed by atoms with E-state index in [2.05, 4.69) is 4.98 Å². The van der Waals surface area contributed by atoms with Crippen molar-refractivity contribution in [3.05, 3.63) is 65.5 Å². The molecule has 0 radical (unpaired) electrons. The summed E-state index contributed by atoms with van der Waals surface area (Å²) in [6, 6.07) is 11.6. The van der Waals surface area contributed by atoms with Crippen molar-refractivity contribution in [1.82, 2.24) is 14.8 Å². The smallest absolute Gasteiger partial charge is 0.255 e. The summed E-state index contributed by atoms with van der Waals surface area (Å²) in [5.74, 6) is 0.113. The molecule has 1 aliphatic heterocycles. The Morgan fingerprint density at radius 2 is 1.84 bits per heavy atom. The van der Waals surface area contributed by atoms with Gasteiger partial charge in [-0.25, -0.2) is 0 Å². The lowest BCUT2D eigenvalue weighted by atomic mass is 10.1. The lowest BCUT2D eigenvalue weighted by molar-refractivity contribution is -0.130. The van der Waals surface area contributed by atoms with Crippen LogP contribution < -0.4 is 0 Å². The van der Waals surface area contributed by atoms with Crippen molar-refractivity contribution in [1.29, 1.82) is 0 Å². The lowest BCUT2D eigenvalue weighted by Gasteiger charge is -2.22. The number of aromatic nitrogens is 1. The third kappa shape index (κ3) is 4.44. The minimum Gasteiger partial charge on any atom is -0.341 e. The van der Waals surface area contributed by atoms with E-state index in [0.29, 0.717) is 38.2 Å². The molecule has 2 aromatic rings. The van der Waals surface area contributed by atoms with E-state index in [1.807, 2.05) is 41.0 Å². The maximum atomic E-state index is 12.6. The molecule has 0 aliphatic carbocycles. The molecule has 0 saturated carbocycles. The zero-order valence-electron chi connectivity index (χ0n) is 14.5. The summed E-state index contributed by atoms with van der Waals surface area (Å²) in [7, 11) is 0. The Hall–Kier alpha value is -2.69. The molecule has 0 atom stereocenters. The number of amides is 2. The van der Waals surface area contributed by atoms with Gasteiger partial charge in [-0.3, -0.25) is 14.6 Å². The first-order valence-corrected chi connectivity index (χ1v) is 8.66. The van der Waals surface area contributed by atoms with Gasteiger partial charge in [0, 0.05) is 38.6 Å². The summed E-state index contributed by atoms with van der Waals surface area (Å²) in [6.45, 7) is 4.54. The number of benzene rings is 1. The highest BCUT2D eigenvalue weighted by molar-refractivity contribution is 5.94. The molecule has 1 fully saturated rings. The number of carbonyl (C=O) groups is 2. The largest absolute Gasteiger partial charge is 0.341 e. The van der Waals surface area contributed by atoms with Crippen molar-refractivity contribution in [2.24, 2.45) is 0 Å². The molecule has 0 spiro atoms. The molecule has 1 saturated heterocycles. The third-order valence-corrected chi connectivity index (χ3v) is 4.48. The van der Waals surface area contributed by atoms with Crippen LogP contribution in [0.25, 0.3) is 0 Å². The Balaban J connectivity index is 1.59. The molecule has 0 N–H and O–H groups in total. The van der Waals surface area contributed by atoms with Gasteiger partial charge in [0.1, 0.15) is 0 Å². The number of aryl methyl sites for hydroxylation is 1. The number of pyridine rings is 1. The van der Waals surface area contributed by atoms with Gasteiger partial charge in [0.15, 0.2) is 0 Å². The highest BCUT2D eigenvalue weighted by Crippen LogP contribution is 2.11. The van der Waals surface area contributed by atoms with E-state index in [0.717, 1.165) is 17.5 Å². The van der Waals surface area contributed by atoms with Gasteiger partial charge >= 0.3 is 0 Å². The fourth-order valence-corrected chi connectivity index (χ4v) is 3.15. The molecule has 5 heteroatoms. The second kappa shape index (κ2) is 7.92. The van der Waals surface area contributed by atoms with Gasteiger partial charge in [0.2, 0.25) is 5.91 Å². The number of hydrogen-bond acceptors (Lipinski definition) is 3. The minimum absolute atomic E-state index is 0.0129. The normalized spacial score (nSPS) is 14.9. The molecule has 2 heterocycles. The van der Waals surface area contributed by atoms with Crippen LogP contribution in [0, 0.1) is 6.92 Å². The summed E-state index contributed by atoms with van der Waals surface area (Å²) in [5.41, 5.74) is 2.80. The quantitative estimate of drug-likeness (QED) is 0.864. The van der Waals surface area contributed by atoms with Crippen molar-refractivity contribution in [2.45, 2.75) is 19.8 Å². The molecule has 25 heavy (non-hydrogen) atoms. The highest BCUT2D eigenvalue weighted by Gasteiger charge is 2.22. The Morgan fingerprint density at radius 1 is 1.04 bits per heavy atom. The second-order valence-corrected chi connectivity index (χ2v) is 6.43. The average Bonchev–Trinajstić information content (AvgIpc) is 2.88. The topological polar surface area (TPSA) is 53.5 Å². The highest BCUT2D eigenvalue weighted by atomic mass is 16.2. The molecule has 130 valence electrons. The zero-order chi connectivity index (χ0) is 17.6. The number of carbonyl (C=O) groups excluding carboxylic acids is 2. The molecule has 3 rings (SSSR count). The fourth-order valence-electron chi connectivity index (χ4n) is 3.15. The van der Waals surface area contributed by atoms with Gasteiger partial charge in [-0.05, 0) is 31.0 Å². The van der Waals surface area contributed by atoms with Crippen LogP contribution in [-0.2, 0) is 11.2 Å². The first-order chi connectivity index (χ1) is 12.1. The number of nitrogens with zero attached hydrogens (tertiary/aromatic N) is 3. The monoisotopic (exact) mass is 337 g/mol. The van der Waals surface area contributed by atoms with E-state index >= 15 is 0 Å². The van der Waals surface area contributed by atoms with Crippen LogP contribution in [0.15, 0.2) is 48.8 Å². The van der Waals surface area contributed by atoms with Gasteiger partial charge in [-0.2, -0.15) is 0 Å². The Labute approximate surface area is 148 Å². The van der Waals surface area contributed by atoms with Crippen molar-refractivity contribution < 1.29 is 9.59 Å². The molecular weight excluding hydrogens is 314 g/mol. The second-order valence-electron chi connectivity index (χ2n) is 6.43.